The third-order valence-electron chi connectivity index (χ3n) is 9.42. The molecule has 0 radical (unpaired) electrons. The van der Waals surface area contributed by atoms with Gasteiger partial charge < -0.3 is 14.2 Å². The van der Waals surface area contributed by atoms with E-state index in [1.807, 2.05) is 12.2 Å². The first-order chi connectivity index (χ1) is 27.6. The molecule has 0 aliphatic heterocycles. The standard InChI is InChI=1S/C51H86O5/c1-4-7-10-13-16-19-22-24-26-27-30-32-35-38-41-44-50(52)55-48-49(56-51(53)45-42-39-36-33-29-21-18-15-12-9-6-3)47-54-46-43-40-37-34-31-28-25-23-20-17-14-11-8-5-2/h7,10,15-16,18-20,23-24,26,30,32,38,41,49H,4-6,8-9,11-14,17,21-22,25,27-29,31,33-37,39-40,42-48H2,1-3H3/b10-7-,18-15-,19-16-,23-20-,26-24-,32-30-,41-38-. The largest absolute Gasteiger partial charge is 0.461 e. The minimum absolute atomic E-state index is 0.0221. The van der Waals surface area contributed by atoms with Crippen LogP contribution in [0.4, 0.5) is 0 Å². The van der Waals surface area contributed by atoms with Crippen LogP contribution in [0.2, 0.25) is 0 Å². The molecule has 0 rings (SSSR count). The van der Waals surface area contributed by atoms with Crippen molar-refractivity contribution in [1.29, 1.82) is 0 Å². The van der Waals surface area contributed by atoms with Crippen molar-refractivity contribution in [3.05, 3.63) is 85.1 Å². The highest BCUT2D eigenvalue weighted by atomic mass is 16.6. The minimum atomic E-state index is -0.584. The third kappa shape index (κ3) is 43.8. The van der Waals surface area contributed by atoms with E-state index in [1.54, 1.807) is 0 Å². The molecule has 5 nitrogen and oxygen atoms in total. The zero-order chi connectivity index (χ0) is 40.7. The zero-order valence-electron chi connectivity index (χ0n) is 36.6. The highest BCUT2D eigenvalue weighted by Crippen LogP contribution is 2.12. The van der Waals surface area contributed by atoms with Gasteiger partial charge in [0.05, 0.1) is 13.0 Å². The number of hydrogen-bond acceptors (Lipinski definition) is 5. The number of unbranched alkanes of at least 4 members (excludes halogenated alkanes) is 17. The molecule has 0 aromatic rings. The molecule has 0 heterocycles. The number of esters is 2. The molecule has 5 heteroatoms. The highest BCUT2D eigenvalue weighted by Gasteiger charge is 2.17. The smallest absolute Gasteiger partial charge is 0.309 e. The Balaban J connectivity index is 4.41. The van der Waals surface area contributed by atoms with Crippen LogP contribution in [0.5, 0.6) is 0 Å². The van der Waals surface area contributed by atoms with Gasteiger partial charge in [0.15, 0.2) is 6.10 Å². The number of carbonyl (C=O) groups is 2. The maximum absolute atomic E-state index is 12.7. The molecule has 0 aliphatic rings. The van der Waals surface area contributed by atoms with Crippen LogP contribution in [0.3, 0.4) is 0 Å². The van der Waals surface area contributed by atoms with E-state index in [2.05, 4.69) is 93.7 Å². The summed E-state index contributed by atoms with van der Waals surface area (Å²) in [7, 11) is 0. The summed E-state index contributed by atoms with van der Waals surface area (Å²) >= 11 is 0. The van der Waals surface area contributed by atoms with Crippen LogP contribution < -0.4 is 0 Å². The molecule has 320 valence electrons. The Morgan fingerprint density at radius 2 is 0.875 bits per heavy atom. The maximum atomic E-state index is 12.7. The maximum Gasteiger partial charge on any atom is 0.309 e. The molecule has 0 N–H and O–H groups in total. The lowest BCUT2D eigenvalue weighted by atomic mass is 10.1. The fourth-order valence-electron chi connectivity index (χ4n) is 5.97. The summed E-state index contributed by atoms with van der Waals surface area (Å²) in [5.41, 5.74) is 0. The zero-order valence-corrected chi connectivity index (χ0v) is 36.6. The van der Waals surface area contributed by atoms with Crippen LogP contribution in [0.25, 0.3) is 0 Å². The van der Waals surface area contributed by atoms with E-state index in [1.165, 1.54) is 96.3 Å². The Kier molecular flexibility index (Phi) is 44.0. The van der Waals surface area contributed by atoms with Gasteiger partial charge in [-0.25, -0.2) is 0 Å². The lowest BCUT2D eigenvalue weighted by Crippen LogP contribution is -2.30. The van der Waals surface area contributed by atoms with Gasteiger partial charge in [-0.1, -0.05) is 183 Å². The van der Waals surface area contributed by atoms with Crippen molar-refractivity contribution >= 4 is 11.9 Å². The number of ether oxygens (including phenoxy) is 3. The van der Waals surface area contributed by atoms with Gasteiger partial charge in [0.25, 0.3) is 0 Å². The molecule has 0 saturated carbocycles. The average Bonchev–Trinajstić information content (AvgIpc) is 3.20. The predicted molar refractivity (Wildman–Crippen MR) is 242 cm³/mol. The summed E-state index contributed by atoms with van der Waals surface area (Å²) in [5.74, 6) is -0.562. The van der Waals surface area contributed by atoms with Crippen molar-refractivity contribution in [1.82, 2.24) is 0 Å². The van der Waals surface area contributed by atoms with Gasteiger partial charge in [-0.05, 0) is 89.9 Å². The van der Waals surface area contributed by atoms with Gasteiger partial charge >= 0.3 is 11.9 Å². The van der Waals surface area contributed by atoms with E-state index < -0.39 is 6.10 Å². The second-order valence-electron chi connectivity index (χ2n) is 14.9. The summed E-state index contributed by atoms with van der Waals surface area (Å²) in [6.07, 6.45) is 60.3. The van der Waals surface area contributed by atoms with Crippen molar-refractivity contribution in [3.63, 3.8) is 0 Å². The Labute approximate surface area is 346 Å². The van der Waals surface area contributed by atoms with Gasteiger partial charge in [-0.3, -0.25) is 9.59 Å². The van der Waals surface area contributed by atoms with E-state index in [4.69, 9.17) is 14.2 Å². The van der Waals surface area contributed by atoms with Gasteiger partial charge in [0.1, 0.15) is 6.61 Å². The molecule has 0 saturated heterocycles. The quantitative estimate of drug-likeness (QED) is 0.0351. The van der Waals surface area contributed by atoms with Crippen molar-refractivity contribution in [3.8, 4) is 0 Å². The summed E-state index contributed by atoms with van der Waals surface area (Å²) in [6.45, 7) is 7.52. The van der Waals surface area contributed by atoms with E-state index >= 15 is 0 Å². The third-order valence-corrected chi connectivity index (χ3v) is 9.42. The molecule has 1 atom stereocenters. The molecule has 0 bridgehead atoms. The Morgan fingerprint density at radius 1 is 0.429 bits per heavy atom. The summed E-state index contributed by atoms with van der Waals surface area (Å²) in [4.78, 5) is 25.2. The molecular formula is C51H86O5. The van der Waals surface area contributed by atoms with Crippen molar-refractivity contribution in [2.24, 2.45) is 0 Å². The molecule has 56 heavy (non-hydrogen) atoms. The number of rotatable bonds is 41. The lowest BCUT2D eigenvalue weighted by Gasteiger charge is -2.18. The molecule has 0 aromatic carbocycles. The van der Waals surface area contributed by atoms with Gasteiger partial charge in [0.2, 0.25) is 0 Å². The van der Waals surface area contributed by atoms with E-state index in [0.29, 0.717) is 13.0 Å². The number of carbonyl (C=O) groups excluding carboxylic acids is 2. The Bertz CT molecular complexity index is 1060. The minimum Gasteiger partial charge on any atom is -0.461 e. The van der Waals surface area contributed by atoms with E-state index in [-0.39, 0.29) is 31.6 Å². The summed E-state index contributed by atoms with van der Waals surface area (Å²) in [6, 6.07) is 0. The molecule has 1 unspecified atom stereocenters. The Hall–Kier alpha value is -2.92. The monoisotopic (exact) mass is 779 g/mol. The summed E-state index contributed by atoms with van der Waals surface area (Å²) in [5, 5.41) is 0. The molecule has 0 aliphatic carbocycles. The normalized spacial score (nSPS) is 13.0. The van der Waals surface area contributed by atoms with Crippen molar-refractivity contribution < 1.29 is 23.8 Å². The predicted octanol–water partition coefficient (Wildman–Crippen LogP) is 15.3. The van der Waals surface area contributed by atoms with Gasteiger partial charge in [0, 0.05) is 13.0 Å². The molecule has 0 amide bonds. The van der Waals surface area contributed by atoms with E-state index in [0.717, 1.165) is 70.6 Å². The van der Waals surface area contributed by atoms with Crippen LogP contribution in [0, 0.1) is 0 Å². The van der Waals surface area contributed by atoms with Crippen molar-refractivity contribution in [2.45, 2.75) is 207 Å². The first-order valence-electron chi connectivity index (χ1n) is 23.1. The van der Waals surface area contributed by atoms with Crippen LogP contribution in [-0.2, 0) is 23.8 Å². The Morgan fingerprint density at radius 3 is 1.41 bits per heavy atom. The topological polar surface area (TPSA) is 61.8 Å². The van der Waals surface area contributed by atoms with Crippen LogP contribution in [-0.4, -0.2) is 37.9 Å². The number of hydrogen-bond donors (Lipinski definition) is 0. The fraction of sp³-hybridized carbons (Fsp3) is 0.686. The SMILES string of the molecule is CC/C=C\C/C=C\C/C=C\C/C=C\C/C=C\CC(=O)OCC(COCCCCCCCC/C=C\CCCCCC)OC(=O)CCCCCCC/C=C\CCCC. The molecular weight excluding hydrogens is 693 g/mol. The second-order valence-corrected chi connectivity index (χ2v) is 14.9. The lowest BCUT2D eigenvalue weighted by molar-refractivity contribution is -0.162. The first-order valence-corrected chi connectivity index (χ1v) is 23.1. The van der Waals surface area contributed by atoms with Crippen LogP contribution in [0.1, 0.15) is 201 Å². The molecule has 0 fully saturated rings. The number of allylic oxidation sites excluding steroid dienone is 13. The van der Waals surface area contributed by atoms with Crippen molar-refractivity contribution in [2.75, 3.05) is 19.8 Å². The van der Waals surface area contributed by atoms with Crippen LogP contribution >= 0.6 is 0 Å². The molecule has 0 spiro atoms. The van der Waals surface area contributed by atoms with Gasteiger partial charge in [-0.15, -0.1) is 0 Å². The molecule has 0 aromatic heterocycles. The van der Waals surface area contributed by atoms with E-state index in [9.17, 15) is 9.59 Å². The second kappa shape index (κ2) is 46.5. The van der Waals surface area contributed by atoms with Crippen LogP contribution in [0.15, 0.2) is 85.1 Å². The summed E-state index contributed by atoms with van der Waals surface area (Å²) < 4.78 is 17.2. The highest BCUT2D eigenvalue weighted by molar-refractivity contribution is 5.71. The fourth-order valence-corrected chi connectivity index (χ4v) is 5.97. The average molecular weight is 779 g/mol. The van der Waals surface area contributed by atoms with Gasteiger partial charge in [-0.2, -0.15) is 0 Å². The first kappa shape index (κ1) is 53.1.